The normalized spacial score (nSPS) is 10.3. The van der Waals surface area contributed by atoms with Gasteiger partial charge in [0.2, 0.25) is 0 Å². The van der Waals surface area contributed by atoms with E-state index in [1.165, 1.54) is 0 Å². The molecule has 9 heteroatoms. The van der Waals surface area contributed by atoms with Crippen LogP contribution in [0.1, 0.15) is 50.5 Å². The molecule has 0 unspecified atom stereocenters. The van der Waals surface area contributed by atoms with Gasteiger partial charge in [-0.1, -0.05) is 18.2 Å². The standard InChI is InChI=1S/C26H26N4O4S/c1-16(2)34-21-14-10-18(11-15-21)23(31)28-26(35)30-29-24(32)19-8-12-20(13-9-19)27-25(33)22-7-5-4-6-17(22)3/h4-16H,1-3H3,(H,27,33)(H,29,32)(H2,28,30,31,35). The summed E-state index contributed by atoms with van der Waals surface area (Å²) < 4.78 is 5.55. The number of benzene rings is 3. The van der Waals surface area contributed by atoms with Gasteiger partial charge in [-0.2, -0.15) is 0 Å². The number of ether oxygens (including phenoxy) is 1. The lowest BCUT2D eigenvalue weighted by molar-refractivity contribution is 0.0934. The summed E-state index contributed by atoms with van der Waals surface area (Å²) in [5, 5.41) is 5.23. The number of thiocarbonyl (C=S) groups is 1. The Balaban J connectivity index is 1.48. The van der Waals surface area contributed by atoms with Gasteiger partial charge in [0, 0.05) is 22.4 Å². The smallest absolute Gasteiger partial charge is 0.269 e. The predicted octanol–water partition coefficient (Wildman–Crippen LogP) is 3.98. The highest BCUT2D eigenvalue weighted by atomic mass is 32.1. The first-order valence-electron chi connectivity index (χ1n) is 10.9. The van der Waals surface area contributed by atoms with Crippen LogP contribution in [0.2, 0.25) is 0 Å². The number of amides is 3. The molecule has 0 spiro atoms. The number of aryl methyl sites for hydroxylation is 1. The Bertz CT molecular complexity index is 1220. The zero-order chi connectivity index (χ0) is 25.4. The van der Waals surface area contributed by atoms with Gasteiger partial charge in [-0.25, -0.2) is 0 Å². The van der Waals surface area contributed by atoms with Gasteiger partial charge >= 0.3 is 0 Å². The summed E-state index contributed by atoms with van der Waals surface area (Å²) in [6.07, 6.45) is 0.0311. The molecule has 4 N–H and O–H groups in total. The van der Waals surface area contributed by atoms with Crippen LogP contribution in [0.5, 0.6) is 5.75 Å². The van der Waals surface area contributed by atoms with Crippen molar-refractivity contribution >= 4 is 40.7 Å². The molecule has 3 rings (SSSR count). The molecule has 0 fully saturated rings. The van der Waals surface area contributed by atoms with E-state index in [1.807, 2.05) is 32.9 Å². The van der Waals surface area contributed by atoms with E-state index in [0.29, 0.717) is 28.1 Å². The molecule has 0 aromatic heterocycles. The van der Waals surface area contributed by atoms with Crippen molar-refractivity contribution in [3.63, 3.8) is 0 Å². The molecule has 3 amide bonds. The first kappa shape index (κ1) is 25.4. The maximum Gasteiger partial charge on any atom is 0.269 e. The van der Waals surface area contributed by atoms with Crippen LogP contribution in [-0.4, -0.2) is 28.9 Å². The molecule has 0 radical (unpaired) electrons. The van der Waals surface area contributed by atoms with Crippen molar-refractivity contribution < 1.29 is 19.1 Å². The first-order valence-corrected chi connectivity index (χ1v) is 11.3. The summed E-state index contributed by atoms with van der Waals surface area (Å²) in [5.74, 6) is -0.467. The van der Waals surface area contributed by atoms with Gasteiger partial charge in [0.25, 0.3) is 17.7 Å². The van der Waals surface area contributed by atoms with Gasteiger partial charge in [-0.3, -0.25) is 30.6 Å². The predicted molar refractivity (Wildman–Crippen MR) is 138 cm³/mol. The van der Waals surface area contributed by atoms with Gasteiger partial charge in [0.05, 0.1) is 6.10 Å². The van der Waals surface area contributed by atoms with E-state index in [0.717, 1.165) is 5.56 Å². The minimum absolute atomic E-state index is 0.0311. The maximum absolute atomic E-state index is 12.4. The van der Waals surface area contributed by atoms with Crippen LogP contribution in [0.25, 0.3) is 0 Å². The summed E-state index contributed by atoms with van der Waals surface area (Å²) in [6, 6.07) is 20.3. The van der Waals surface area contributed by atoms with Crippen LogP contribution in [0.4, 0.5) is 5.69 Å². The van der Waals surface area contributed by atoms with Crippen molar-refractivity contribution in [1.82, 2.24) is 16.2 Å². The van der Waals surface area contributed by atoms with Crippen LogP contribution in [-0.2, 0) is 0 Å². The van der Waals surface area contributed by atoms with Crippen LogP contribution < -0.4 is 26.2 Å². The summed E-state index contributed by atoms with van der Waals surface area (Å²) in [6.45, 7) is 5.69. The number of rotatable bonds is 6. The number of carbonyl (C=O) groups excluding carboxylic acids is 3. The third-order valence-corrected chi connectivity index (χ3v) is 5.00. The van der Waals surface area contributed by atoms with Crippen LogP contribution in [0.15, 0.2) is 72.8 Å². The van der Waals surface area contributed by atoms with E-state index in [9.17, 15) is 14.4 Å². The Labute approximate surface area is 209 Å². The SMILES string of the molecule is Cc1ccccc1C(=O)Nc1ccc(C(=O)NNC(=S)NC(=O)c2ccc(OC(C)C)cc2)cc1. The molecule has 8 nitrogen and oxygen atoms in total. The molecule has 0 saturated heterocycles. The van der Waals surface area contributed by atoms with Gasteiger partial charge in [0.15, 0.2) is 5.11 Å². The molecule has 0 bridgehead atoms. The first-order chi connectivity index (χ1) is 16.7. The van der Waals surface area contributed by atoms with Crippen molar-refractivity contribution in [3.05, 3.63) is 95.1 Å². The Morgan fingerprint density at radius 2 is 1.37 bits per heavy atom. The fourth-order valence-corrected chi connectivity index (χ4v) is 3.22. The third-order valence-electron chi connectivity index (χ3n) is 4.80. The topological polar surface area (TPSA) is 109 Å². The van der Waals surface area contributed by atoms with Crippen LogP contribution in [0.3, 0.4) is 0 Å². The zero-order valence-corrected chi connectivity index (χ0v) is 20.4. The number of hydrazine groups is 1. The van der Waals surface area contributed by atoms with Crippen molar-refractivity contribution in [3.8, 4) is 5.75 Å². The number of nitrogens with one attached hydrogen (secondary N) is 4. The molecular formula is C26H26N4O4S. The zero-order valence-electron chi connectivity index (χ0n) is 19.5. The van der Waals surface area contributed by atoms with Crippen molar-refractivity contribution in [2.45, 2.75) is 26.9 Å². The lowest BCUT2D eigenvalue weighted by atomic mass is 10.1. The number of anilines is 1. The second-order valence-electron chi connectivity index (χ2n) is 7.90. The lowest BCUT2D eigenvalue weighted by Crippen LogP contribution is -2.48. The Kier molecular flexibility index (Phi) is 8.53. The Morgan fingerprint density at radius 1 is 0.771 bits per heavy atom. The van der Waals surface area contributed by atoms with Gasteiger partial charge in [0.1, 0.15) is 5.75 Å². The summed E-state index contributed by atoms with van der Waals surface area (Å²) >= 11 is 5.08. The summed E-state index contributed by atoms with van der Waals surface area (Å²) in [7, 11) is 0. The van der Waals surface area contributed by atoms with Crippen LogP contribution >= 0.6 is 12.2 Å². The fourth-order valence-electron chi connectivity index (χ4n) is 3.08. The largest absolute Gasteiger partial charge is 0.491 e. The highest BCUT2D eigenvalue weighted by Gasteiger charge is 2.12. The van der Waals surface area contributed by atoms with Gasteiger partial charge in [-0.15, -0.1) is 0 Å². The van der Waals surface area contributed by atoms with E-state index >= 15 is 0 Å². The maximum atomic E-state index is 12.4. The molecule has 180 valence electrons. The van der Waals surface area contributed by atoms with Crippen molar-refractivity contribution in [1.29, 1.82) is 0 Å². The third kappa shape index (κ3) is 7.38. The second kappa shape index (κ2) is 11.8. The lowest BCUT2D eigenvalue weighted by Gasteiger charge is -2.12. The number of carbonyl (C=O) groups is 3. The molecule has 0 saturated carbocycles. The summed E-state index contributed by atoms with van der Waals surface area (Å²) in [4.78, 5) is 37.1. The Hall–Kier alpha value is -4.24. The number of hydrogen-bond acceptors (Lipinski definition) is 5. The summed E-state index contributed by atoms with van der Waals surface area (Å²) in [5.41, 5.74) is 7.65. The highest BCUT2D eigenvalue weighted by Crippen LogP contribution is 2.15. The van der Waals surface area contributed by atoms with E-state index in [2.05, 4.69) is 21.5 Å². The van der Waals surface area contributed by atoms with E-state index in [-0.39, 0.29) is 17.1 Å². The second-order valence-corrected chi connectivity index (χ2v) is 8.31. The molecule has 3 aromatic rings. The average Bonchev–Trinajstić information content (AvgIpc) is 2.83. The minimum Gasteiger partial charge on any atom is -0.491 e. The van der Waals surface area contributed by atoms with Crippen molar-refractivity contribution in [2.75, 3.05) is 5.32 Å². The van der Waals surface area contributed by atoms with E-state index in [1.54, 1.807) is 60.7 Å². The molecule has 0 aliphatic carbocycles. The number of hydrogen-bond donors (Lipinski definition) is 4. The van der Waals surface area contributed by atoms with Crippen LogP contribution in [0, 0.1) is 6.92 Å². The fraction of sp³-hybridized carbons (Fsp3) is 0.154. The van der Waals surface area contributed by atoms with Gasteiger partial charge in [-0.05, 0) is 93.1 Å². The quantitative estimate of drug-likeness (QED) is 0.307. The van der Waals surface area contributed by atoms with E-state index in [4.69, 9.17) is 17.0 Å². The highest BCUT2D eigenvalue weighted by molar-refractivity contribution is 7.80. The average molecular weight is 491 g/mol. The minimum atomic E-state index is -0.464. The van der Waals surface area contributed by atoms with Crippen molar-refractivity contribution in [2.24, 2.45) is 0 Å². The molecule has 0 atom stereocenters. The molecular weight excluding hydrogens is 464 g/mol. The Morgan fingerprint density at radius 3 is 2.00 bits per heavy atom. The molecule has 3 aromatic carbocycles. The van der Waals surface area contributed by atoms with E-state index < -0.39 is 11.8 Å². The monoisotopic (exact) mass is 490 g/mol. The molecule has 0 heterocycles. The molecule has 35 heavy (non-hydrogen) atoms. The molecule has 0 aliphatic rings. The van der Waals surface area contributed by atoms with Gasteiger partial charge < -0.3 is 10.1 Å². The molecule has 0 aliphatic heterocycles.